The Kier molecular flexibility index (Phi) is 13.7. The summed E-state index contributed by atoms with van der Waals surface area (Å²) in [6, 6.07) is 32.5. The van der Waals surface area contributed by atoms with Gasteiger partial charge in [-0.1, -0.05) is 72.8 Å². The first-order valence-electron chi connectivity index (χ1n) is 21.1. The number of rotatable bonds is 17. The van der Waals surface area contributed by atoms with E-state index in [1.165, 1.54) is 23.9 Å². The predicted molar refractivity (Wildman–Crippen MR) is 239 cm³/mol. The van der Waals surface area contributed by atoms with E-state index in [1.54, 1.807) is 51.5 Å². The molecule has 0 radical (unpaired) electrons. The van der Waals surface area contributed by atoms with E-state index in [9.17, 15) is 24.3 Å². The van der Waals surface area contributed by atoms with Crippen molar-refractivity contribution in [2.45, 2.75) is 69.2 Å². The van der Waals surface area contributed by atoms with Crippen LogP contribution in [0.4, 0.5) is 0 Å². The molecule has 1 unspecified atom stereocenters. The molecule has 19 heteroatoms. The highest BCUT2D eigenvalue weighted by Crippen LogP contribution is 2.54. The van der Waals surface area contributed by atoms with Gasteiger partial charge in [0.25, 0.3) is 11.1 Å². The molecule has 346 valence electrons. The number of nitrogens with one attached hydrogen (secondary N) is 2. The molecule has 2 aliphatic rings. The third-order valence-corrected chi connectivity index (χ3v) is 13.0. The van der Waals surface area contributed by atoms with Crippen molar-refractivity contribution in [2.24, 2.45) is 0 Å². The van der Waals surface area contributed by atoms with Crippen molar-refractivity contribution in [1.29, 1.82) is 0 Å². The summed E-state index contributed by atoms with van der Waals surface area (Å²) in [5, 5.41) is 11.1. The van der Waals surface area contributed by atoms with Gasteiger partial charge in [0.1, 0.15) is 53.6 Å². The fourth-order valence-corrected chi connectivity index (χ4v) is 9.49. The number of hydrogen-bond donors (Lipinski definition) is 3. The number of methoxy groups -OCH3 is 2. The van der Waals surface area contributed by atoms with Gasteiger partial charge < -0.3 is 33.3 Å². The molecule has 0 amide bonds. The van der Waals surface area contributed by atoms with Crippen molar-refractivity contribution < 1.29 is 46.9 Å². The number of para-hydroxylation sites is 1. The zero-order valence-electron chi connectivity index (χ0n) is 36.4. The Hall–Kier alpha value is -6.37. The number of aliphatic hydroxyl groups is 1. The van der Waals surface area contributed by atoms with E-state index in [2.05, 4.69) is 9.97 Å². The van der Waals surface area contributed by atoms with Gasteiger partial charge in [0, 0.05) is 36.4 Å². The summed E-state index contributed by atoms with van der Waals surface area (Å²) in [5.41, 5.74) is -1.25. The second-order valence-corrected chi connectivity index (χ2v) is 17.4. The van der Waals surface area contributed by atoms with Crippen molar-refractivity contribution in [1.82, 2.24) is 19.1 Å². The lowest BCUT2D eigenvalue weighted by Crippen LogP contribution is -2.38. The highest BCUT2D eigenvalue weighted by Gasteiger charge is 2.48. The van der Waals surface area contributed by atoms with Crippen LogP contribution in [0.15, 0.2) is 141 Å². The van der Waals surface area contributed by atoms with E-state index in [4.69, 9.17) is 37.3 Å². The van der Waals surface area contributed by atoms with Gasteiger partial charge in [-0.05, 0) is 66.9 Å². The number of aromatic amines is 2. The normalized spacial score (nSPS) is 21.6. The van der Waals surface area contributed by atoms with Gasteiger partial charge in [0.15, 0.2) is 0 Å². The lowest BCUT2D eigenvalue weighted by molar-refractivity contribution is -0.0949. The minimum atomic E-state index is -4.74. The molecular formula is C47H49N4O14P. The Morgan fingerprint density at radius 1 is 0.652 bits per heavy atom. The Balaban J connectivity index is 1.15. The second kappa shape index (κ2) is 19.6. The molecule has 4 aromatic carbocycles. The molecule has 6 aromatic rings. The quantitative estimate of drug-likeness (QED) is 0.0786. The standard InChI is InChI=1S/C47H49N4O14P/c1-29-25-50(45(55)48-43(29)53)41-23-37(52)39(62-41)28-61-66(57,64-36-13-9-6-10-14-36)65-38-24-42(51-26-30(2)44(54)49-46(51)56)63-40(38)27-60-47(31-11-7-5-8-12-31,32-15-19-34(58-3)20-16-32)33-17-21-35(59-4)22-18-33/h5-22,25-26,37-42,52H,23-24,27-28H2,1-4H3,(H,48,53,55)(H,49,54,56)/t37-,38-,39+,40+,41+,42+,66?/m0/s1. The van der Waals surface area contributed by atoms with Gasteiger partial charge in [-0.2, -0.15) is 0 Å². The summed E-state index contributed by atoms with van der Waals surface area (Å²) < 4.78 is 66.7. The van der Waals surface area contributed by atoms with E-state index < -0.39 is 79.4 Å². The number of phosphoric acid groups is 1. The van der Waals surface area contributed by atoms with Gasteiger partial charge in [0.2, 0.25) is 0 Å². The molecule has 4 heterocycles. The van der Waals surface area contributed by atoms with Crippen LogP contribution in [0.25, 0.3) is 0 Å². The number of aliphatic hydroxyl groups excluding tert-OH is 1. The summed E-state index contributed by atoms with van der Waals surface area (Å²) in [5.74, 6) is 1.36. The van der Waals surface area contributed by atoms with Crippen LogP contribution in [-0.2, 0) is 33.4 Å². The summed E-state index contributed by atoms with van der Waals surface area (Å²) >= 11 is 0. The molecule has 18 nitrogen and oxygen atoms in total. The average molecular weight is 925 g/mol. The van der Waals surface area contributed by atoms with Gasteiger partial charge in [-0.15, -0.1) is 0 Å². The van der Waals surface area contributed by atoms with E-state index in [-0.39, 0.29) is 36.3 Å². The molecule has 2 aliphatic heterocycles. The number of aromatic nitrogens is 4. The molecule has 2 saturated heterocycles. The minimum absolute atomic E-state index is 0.0550. The number of benzene rings is 4. The topological polar surface area (TPSA) is 221 Å². The van der Waals surface area contributed by atoms with E-state index in [0.717, 1.165) is 10.1 Å². The summed E-state index contributed by atoms with van der Waals surface area (Å²) in [6.45, 7) is 2.31. The number of aryl methyl sites for hydroxylation is 2. The number of H-pyrrole nitrogens is 2. The van der Waals surface area contributed by atoms with Crippen LogP contribution in [0.5, 0.6) is 17.2 Å². The first-order chi connectivity index (χ1) is 31.8. The average Bonchev–Trinajstić information content (AvgIpc) is 3.90. The van der Waals surface area contributed by atoms with Crippen molar-refractivity contribution in [3.8, 4) is 17.2 Å². The zero-order chi connectivity index (χ0) is 46.6. The van der Waals surface area contributed by atoms with E-state index >= 15 is 4.57 Å². The molecule has 2 aromatic heterocycles. The maximum absolute atomic E-state index is 15.1. The van der Waals surface area contributed by atoms with Gasteiger partial charge in [-0.25, -0.2) is 14.2 Å². The largest absolute Gasteiger partial charge is 0.530 e. The van der Waals surface area contributed by atoms with Gasteiger partial charge in [-0.3, -0.25) is 37.7 Å². The number of nitrogens with zero attached hydrogens (tertiary/aromatic N) is 2. The molecule has 8 rings (SSSR count). The van der Waals surface area contributed by atoms with Crippen LogP contribution in [0.3, 0.4) is 0 Å². The first-order valence-corrected chi connectivity index (χ1v) is 22.5. The fraction of sp³-hybridized carbons (Fsp3) is 0.319. The first kappa shape index (κ1) is 46.2. The van der Waals surface area contributed by atoms with Crippen LogP contribution in [0, 0.1) is 13.8 Å². The molecule has 66 heavy (non-hydrogen) atoms. The monoisotopic (exact) mass is 924 g/mol. The van der Waals surface area contributed by atoms with Crippen molar-refractivity contribution in [3.63, 3.8) is 0 Å². The van der Waals surface area contributed by atoms with Crippen LogP contribution >= 0.6 is 7.82 Å². The SMILES string of the molecule is COc1ccc(C(OC[C@H]2O[C@@H](n3cc(C)c(=O)[nH]c3=O)C[C@@H]2OP(=O)(OC[C@H]2O[C@@H](n3cc(C)c(=O)[nH]c3=O)C[C@@H]2O)Oc2ccccc2)(c2ccccc2)c2ccc(OC)cc2)cc1. The van der Waals surface area contributed by atoms with Crippen LogP contribution in [-0.4, -0.2) is 76.1 Å². The Morgan fingerprint density at radius 3 is 1.67 bits per heavy atom. The second-order valence-electron chi connectivity index (χ2n) is 15.9. The third kappa shape index (κ3) is 9.76. The molecule has 2 fully saturated rings. The van der Waals surface area contributed by atoms with Crippen LogP contribution in [0.2, 0.25) is 0 Å². The van der Waals surface area contributed by atoms with Crippen molar-refractivity contribution in [3.05, 3.63) is 191 Å². The number of phosphoric ester groups is 1. The van der Waals surface area contributed by atoms with Crippen LogP contribution in [0.1, 0.15) is 53.1 Å². The maximum Gasteiger partial charge on any atom is 0.530 e. The summed E-state index contributed by atoms with van der Waals surface area (Å²) in [7, 11) is -1.59. The third-order valence-electron chi connectivity index (χ3n) is 11.6. The molecule has 7 atom stereocenters. The lowest BCUT2D eigenvalue weighted by atomic mass is 9.80. The summed E-state index contributed by atoms with van der Waals surface area (Å²) in [6.07, 6.45) is -4.09. The Bertz CT molecular complexity index is 2860. The molecule has 3 N–H and O–H groups in total. The smallest absolute Gasteiger partial charge is 0.497 e. The minimum Gasteiger partial charge on any atom is -0.497 e. The Morgan fingerprint density at radius 2 is 1.14 bits per heavy atom. The molecule has 0 spiro atoms. The molecule has 0 saturated carbocycles. The Labute approximate surface area is 377 Å². The summed E-state index contributed by atoms with van der Waals surface area (Å²) in [4.78, 5) is 55.0. The van der Waals surface area contributed by atoms with Crippen molar-refractivity contribution in [2.75, 3.05) is 27.4 Å². The van der Waals surface area contributed by atoms with Gasteiger partial charge in [0.05, 0.1) is 33.5 Å². The lowest BCUT2D eigenvalue weighted by Gasteiger charge is -2.37. The van der Waals surface area contributed by atoms with E-state index in [1.807, 2.05) is 78.9 Å². The molecular weight excluding hydrogens is 876 g/mol. The zero-order valence-corrected chi connectivity index (χ0v) is 37.3. The fourth-order valence-electron chi connectivity index (χ4n) is 8.07. The van der Waals surface area contributed by atoms with Crippen molar-refractivity contribution >= 4 is 7.82 Å². The molecule has 0 aliphatic carbocycles. The number of ether oxygens (including phenoxy) is 5. The molecule has 0 bridgehead atoms. The predicted octanol–water partition coefficient (Wildman–Crippen LogP) is 5.25. The highest BCUT2D eigenvalue weighted by molar-refractivity contribution is 7.49. The maximum atomic E-state index is 15.1. The highest BCUT2D eigenvalue weighted by atomic mass is 31.2. The van der Waals surface area contributed by atoms with E-state index in [0.29, 0.717) is 22.6 Å². The number of hydrogen-bond acceptors (Lipinski definition) is 14. The van der Waals surface area contributed by atoms with Crippen LogP contribution < -0.4 is 36.5 Å². The van der Waals surface area contributed by atoms with Gasteiger partial charge >= 0.3 is 19.2 Å².